The normalized spacial score (nSPS) is 10.2. The van der Waals surface area contributed by atoms with Crippen LogP contribution in [0.25, 0.3) is 0 Å². The van der Waals surface area contributed by atoms with Gasteiger partial charge < -0.3 is 35.1 Å². The predicted octanol–water partition coefficient (Wildman–Crippen LogP) is 5.85. The van der Waals surface area contributed by atoms with Crippen molar-refractivity contribution in [2.45, 2.75) is 125 Å². The van der Waals surface area contributed by atoms with E-state index in [0.717, 1.165) is 6.54 Å². The average molecular weight is 530 g/mol. The van der Waals surface area contributed by atoms with Gasteiger partial charge in [-0.2, -0.15) is 0 Å². The van der Waals surface area contributed by atoms with E-state index in [2.05, 4.69) is 58.2 Å². The van der Waals surface area contributed by atoms with Crippen molar-refractivity contribution >= 4 is 37.1 Å². The van der Waals surface area contributed by atoms with E-state index in [0.29, 0.717) is 0 Å². The van der Waals surface area contributed by atoms with Crippen molar-refractivity contribution in [3.05, 3.63) is 0 Å². The molecule has 0 fully saturated rings. The Hall–Kier alpha value is 1.02. The molecule has 0 aliphatic heterocycles. The Kier molecular flexibility index (Phi) is 48.5. The number of unbranched alkanes of at least 4 members (excludes halogenated alkanes) is 11. The van der Waals surface area contributed by atoms with Crippen molar-refractivity contribution in [1.82, 2.24) is 0 Å². The molecule has 0 amide bonds. The highest BCUT2D eigenvalue weighted by Crippen LogP contribution is 2.27. The van der Waals surface area contributed by atoms with E-state index in [4.69, 9.17) is 35.1 Å². The fraction of sp³-hybridized carbons (Fsp3) is 1.00. The van der Waals surface area contributed by atoms with Gasteiger partial charge in [-0.05, 0) is 36.6 Å². The summed E-state index contributed by atoms with van der Waals surface area (Å²) in [5.74, 6) is 0. The van der Waals surface area contributed by atoms with Crippen LogP contribution in [0.4, 0.5) is 0 Å². The summed E-state index contributed by atoms with van der Waals surface area (Å²) in [5.41, 5.74) is 5.42. The van der Waals surface area contributed by atoms with Crippen LogP contribution < -0.4 is 5.73 Å². The summed E-state index contributed by atoms with van der Waals surface area (Å²) in [6.07, 6.45) is 19.2. The molecule has 0 aromatic carbocycles. The molecular weight excluding hydrogens is 476 g/mol. The molecule has 11 heteroatoms. The second-order valence-electron chi connectivity index (χ2n) is 7.00. The first-order chi connectivity index (χ1) is 14.2. The first kappa shape index (κ1) is 42.2. The standard InChI is InChI=1S/C12H27N.2C4H10.2H3O3PS/c1-2-3-4-5-6-7-8-9-10-11-12-13;2*1-3-4-2;2*1-4(2,3)5/h2-13H2,1H3;2*3-4H2,1-2H3;2*(H3,1,2,3,5). The van der Waals surface area contributed by atoms with Crippen LogP contribution in [0.3, 0.4) is 0 Å². The number of nitrogens with two attached hydrogens (primary N) is 1. The van der Waals surface area contributed by atoms with Gasteiger partial charge >= 0.3 is 13.4 Å². The minimum atomic E-state index is -3.81. The van der Waals surface area contributed by atoms with Crippen molar-refractivity contribution in [2.75, 3.05) is 6.54 Å². The first-order valence-corrected chi connectivity index (χ1v) is 16.8. The molecule has 196 valence electrons. The second-order valence-corrected chi connectivity index (χ2v) is 12.0. The molecule has 0 unspecified atom stereocenters. The lowest BCUT2D eigenvalue weighted by molar-refractivity contribution is 0.361. The van der Waals surface area contributed by atoms with Crippen LogP contribution in [0.1, 0.15) is 125 Å². The second kappa shape index (κ2) is 35.6. The van der Waals surface area contributed by atoms with E-state index in [1.54, 1.807) is 0 Å². The summed E-state index contributed by atoms with van der Waals surface area (Å²) in [4.78, 5) is 45.3. The van der Waals surface area contributed by atoms with Crippen LogP contribution >= 0.6 is 13.4 Å². The van der Waals surface area contributed by atoms with E-state index in [1.807, 2.05) is 0 Å². The van der Waals surface area contributed by atoms with Crippen molar-refractivity contribution in [3.63, 3.8) is 0 Å². The third-order valence-corrected chi connectivity index (χ3v) is 3.56. The van der Waals surface area contributed by atoms with E-state index in [-0.39, 0.29) is 0 Å². The minimum absolute atomic E-state index is 0.872. The van der Waals surface area contributed by atoms with Gasteiger partial charge in [-0.15, -0.1) is 0 Å². The Morgan fingerprint density at radius 3 is 0.806 bits per heavy atom. The zero-order valence-corrected chi connectivity index (χ0v) is 24.0. The lowest BCUT2D eigenvalue weighted by Crippen LogP contribution is -1.97. The van der Waals surface area contributed by atoms with Crippen LogP contribution in [0, 0.1) is 0 Å². The molecule has 0 heterocycles. The lowest BCUT2D eigenvalue weighted by Gasteiger charge is -2.00. The molecule has 0 aromatic heterocycles. The molecule has 0 saturated carbocycles. The van der Waals surface area contributed by atoms with Gasteiger partial charge in [-0.3, -0.25) is 0 Å². The summed E-state index contributed by atoms with van der Waals surface area (Å²) < 4.78 is 0. The molecule has 0 bridgehead atoms. The molecule has 31 heavy (non-hydrogen) atoms. The molecule has 0 atom stereocenters. The third-order valence-electron chi connectivity index (χ3n) is 3.56. The molecule has 0 aliphatic rings. The summed E-state index contributed by atoms with van der Waals surface area (Å²) in [7, 11) is 0. The van der Waals surface area contributed by atoms with E-state index in [1.165, 1.54) is 89.9 Å². The van der Waals surface area contributed by atoms with Crippen molar-refractivity contribution in [1.29, 1.82) is 0 Å². The van der Waals surface area contributed by atoms with Crippen molar-refractivity contribution in [3.8, 4) is 0 Å². The molecule has 0 saturated heterocycles. The van der Waals surface area contributed by atoms with Crippen molar-refractivity contribution < 1.29 is 29.4 Å². The smallest absolute Gasteiger partial charge is 0.319 e. The zero-order chi connectivity index (χ0) is 25.6. The SMILES string of the molecule is CCCC.CCCC.CCCCCCCCCCCCN.OP(O)(O)=S.OP(O)(O)=S. The van der Waals surface area contributed by atoms with E-state index >= 15 is 0 Å². The highest BCUT2D eigenvalue weighted by atomic mass is 32.5. The van der Waals surface area contributed by atoms with Crippen LogP contribution in [-0.4, -0.2) is 35.9 Å². The van der Waals surface area contributed by atoms with Crippen LogP contribution in [0.2, 0.25) is 0 Å². The van der Waals surface area contributed by atoms with Gasteiger partial charge in [-0.1, -0.05) is 118 Å². The molecule has 0 rings (SSSR count). The minimum Gasteiger partial charge on any atom is -0.330 e. The van der Waals surface area contributed by atoms with E-state index < -0.39 is 13.4 Å². The zero-order valence-electron chi connectivity index (χ0n) is 20.6. The van der Waals surface area contributed by atoms with Gasteiger partial charge in [0.15, 0.2) is 0 Å². The van der Waals surface area contributed by atoms with E-state index in [9.17, 15) is 0 Å². The molecule has 0 radical (unpaired) electrons. The summed E-state index contributed by atoms with van der Waals surface area (Å²) in [6, 6.07) is 0. The van der Waals surface area contributed by atoms with Crippen molar-refractivity contribution in [2.24, 2.45) is 5.73 Å². The molecule has 7 nitrogen and oxygen atoms in total. The lowest BCUT2D eigenvalue weighted by atomic mass is 10.1. The summed E-state index contributed by atoms with van der Waals surface area (Å²) in [5, 5.41) is 0. The number of hydrogen-bond acceptors (Lipinski definition) is 3. The van der Waals surface area contributed by atoms with Gasteiger partial charge in [0, 0.05) is 0 Å². The van der Waals surface area contributed by atoms with Gasteiger partial charge in [0.1, 0.15) is 0 Å². The maximum absolute atomic E-state index is 7.56. The molecule has 0 aromatic rings. The first-order valence-electron chi connectivity index (χ1n) is 11.5. The fourth-order valence-corrected chi connectivity index (χ4v) is 1.63. The third kappa shape index (κ3) is 154. The number of rotatable bonds is 12. The van der Waals surface area contributed by atoms with Gasteiger partial charge in [0.25, 0.3) is 0 Å². The fourth-order valence-electron chi connectivity index (χ4n) is 1.63. The molecular formula is C20H53NO6P2S2. The Morgan fingerprint density at radius 2 is 0.645 bits per heavy atom. The quantitative estimate of drug-likeness (QED) is 0.122. The topological polar surface area (TPSA) is 147 Å². The predicted molar refractivity (Wildman–Crippen MR) is 144 cm³/mol. The Bertz CT molecular complexity index is 328. The average Bonchev–Trinajstić information content (AvgIpc) is 2.64. The maximum atomic E-state index is 7.56. The Morgan fingerprint density at radius 1 is 0.452 bits per heavy atom. The highest BCUT2D eigenvalue weighted by molar-refractivity contribution is 8.06. The summed E-state index contributed by atoms with van der Waals surface area (Å²) in [6.45, 7) is 4.25. The van der Waals surface area contributed by atoms with Gasteiger partial charge in [0.05, 0.1) is 0 Å². The van der Waals surface area contributed by atoms with Crippen LogP contribution in [0.15, 0.2) is 0 Å². The monoisotopic (exact) mass is 529 g/mol. The number of hydrogen-bond donors (Lipinski definition) is 7. The Labute approximate surface area is 203 Å². The highest BCUT2D eigenvalue weighted by Gasteiger charge is 1.93. The van der Waals surface area contributed by atoms with Gasteiger partial charge in [-0.25, -0.2) is 0 Å². The van der Waals surface area contributed by atoms with Crippen LogP contribution in [0.5, 0.6) is 0 Å². The maximum Gasteiger partial charge on any atom is 0.319 e. The summed E-state index contributed by atoms with van der Waals surface area (Å²) >= 11 is 7.21. The van der Waals surface area contributed by atoms with Gasteiger partial charge in [0.2, 0.25) is 0 Å². The Balaban J connectivity index is -0.000000104. The molecule has 0 aliphatic carbocycles. The molecule has 0 spiro atoms. The largest absolute Gasteiger partial charge is 0.330 e. The molecule has 8 N–H and O–H groups in total. The van der Waals surface area contributed by atoms with Crippen LogP contribution in [-0.2, 0) is 23.6 Å².